The van der Waals surface area contributed by atoms with Crippen LogP contribution in [0.2, 0.25) is 0 Å². The second-order valence-electron chi connectivity index (χ2n) is 4.06. The topological polar surface area (TPSA) is 57.0 Å². The van der Waals surface area contributed by atoms with Crippen LogP contribution in [-0.4, -0.2) is 27.6 Å². The van der Waals surface area contributed by atoms with Crippen LogP contribution in [-0.2, 0) is 4.74 Å². The molecule has 1 aromatic heterocycles. The van der Waals surface area contributed by atoms with Crippen molar-refractivity contribution in [2.24, 2.45) is 0 Å². The summed E-state index contributed by atoms with van der Waals surface area (Å²) in [5.41, 5.74) is 3.39. The molecule has 0 fully saturated rings. The molecule has 0 spiro atoms. The molecule has 0 N–H and O–H groups in total. The van der Waals surface area contributed by atoms with Gasteiger partial charge in [-0.15, -0.1) is 5.10 Å². The van der Waals surface area contributed by atoms with Gasteiger partial charge in [0.15, 0.2) is 5.69 Å². The fourth-order valence-electron chi connectivity index (χ4n) is 1.74. The first-order chi connectivity index (χ1) is 8.61. The van der Waals surface area contributed by atoms with Crippen molar-refractivity contribution in [1.82, 2.24) is 15.0 Å². The van der Waals surface area contributed by atoms with E-state index in [2.05, 4.69) is 16.4 Å². The highest BCUT2D eigenvalue weighted by Gasteiger charge is 2.12. The summed E-state index contributed by atoms with van der Waals surface area (Å²) in [4.78, 5) is 11.5. The van der Waals surface area contributed by atoms with E-state index in [-0.39, 0.29) is 5.69 Å². The number of carbonyl (C=O) groups is 1. The molecule has 0 aliphatic carbocycles. The Morgan fingerprint density at radius 1 is 1.39 bits per heavy atom. The molecule has 0 aliphatic heterocycles. The predicted molar refractivity (Wildman–Crippen MR) is 66.8 cm³/mol. The Hall–Kier alpha value is -2.17. The molecule has 2 rings (SSSR count). The third kappa shape index (κ3) is 2.40. The third-order valence-corrected chi connectivity index (χ3v) is 2.58. The molecule has 0 saturated heterocycles. The van der Waals surface area contributed by atoms with Gasteiger partial charge in [0.2, 0.25) is 0 Å². The number of benzene rings is 1. The molecule has 0 saturated carbocycles. The molecule has 1 aromatic carbocycles. The van der Waals surface area contributed by atoms with Crippen LogP contribution in [0.15, 0.2) is 24.4 Å². The third-order valence-electron chi connectivity index (χ3n) is 2.58. The zero-order valence-corrected chi connectivity index (χ0v) is 10.7. The standard InChI is InChI=1S/C13H15N3O2/c1-4-18-13(17)11-8-16(15-14-11)12-6-5-9(2)7-10(12)3/h5-8H,4H2,1-3H3. The summed E-state index contributed by atoms with van der Waals surface area (Å²) in [6.07, 6.45) is 1.58. The van der Waals surface area contributed by atoms with E-state index >= 15 is 0 Å². The van der Waals surface area contributed by atoms with E-state index in [0.29, 0.717) is 6.61 Å². The van der Waals surface area contributed by atoms with Crippen molar-refractivity contribution in [2.75, 3.05) is 6.61 Å². The summed E-state index contributed by atoms with van der Waals surface area (Å²) in [6, 6.07) is 6.00. The average molecular weight is 245 g/mol. The Bertz CT molecular complexity index is 575. The van der Waals surface area contributed by atoms with Crippen molar-refractivity contribution in [3.05, 3.63) is 41.2 Å². The largest absolute Gasteiger partial charge is 0.461 e. The van der Waals surface area contributed by atoms with Gasteiger partial charge in [-0.25, -0.2) is 9.48 Å². The minimum Gasteiger partial charge on any atom is -0.461 e. The van der Waals surface area contributed by atoms with Gasteiger partial charge in [-0.2, -0.15) is 0 Å². The van der Waals surface area contributed by atoms with Crippen LogP contribution in [0, 0.1) is 13.8 Å². The first-order valence-corrected chi connectivity index (χ1v) is 5.79. The van der Waals surface area contributed by atoms with Crippen molar-refractivity contribution in [1.29, 1.82) is 0 Å². The quantitative estimate of drug-likeness (QED) is 0.777. The van der Waals surface area contributed by atoms with E-state index in [9.17, 15) is 4.79 Å². The molecule has 0 radical (unpaired) electrons. The van der Waals surface area contributed by atoms with Crippen LogP contribution in [0.3, 0.4) is 0 Å². The van der Waals surface area contributed by atoms with Crippen LogP contribution in [0.4, 0.5) is 0 Å². The number of hydrogen-bond donors (Lipinski definition) is 0. The van der Waals surface area contributed by atoms with Gasteiger partial charge >= 0.3 is 5.97 Å². The van der Waals surface area contributed by atoms with Crippen LogP contribution in [0.1, 0.15) is 28.5 Å². The molecule has 2 aromatic rings. The molecular weight excluding hydrogens is 230 g/mol. The number of rotatable bonds is 3. The lowest BCUT2D eigenvalue weighted by atomic mass is 10.1. The van der Waals surface area contributed by atoms with Gasteiger partial charge in [-0.05, 0) is 32.4 Å². The van der Waals surface area contributed by atoms with E-state index in [4.69, 9.17) is 4.74 Å². The summed E-state index contributed by atoms with van der Waals surface area (Å²) in [5, 5.41) is 7.76. The molecule has 0 amide bonds. The maximum Gasteiger partial charge on any atom is 0.360 e. The van der Waals surface area contributed by atoms with Crippen LogP contribution in [0.25, 0.3) is 5.69 Å². The van der Waals surface area contributed by atoms with Crippen molar-refractivity contribution < 1.29 is 9.53 Å². The normalized spacial score (nSPS) is 10.4. The molecule has 94 valence electrons. The molecule has 0 bridgehead atoms. The fraction of sp³-hybridized carbons (Fsp3) is 0.308. The SMILES string of the molecule is CCOC(=O)c1cn(-c2ccc(C)cc2C)nn1. The highest BCUT2D eigenvalue weighted by Crippen LogP contribution is 2.14. The number of ether oxygens (including phenoxy) is 1. The summed E-state index contributed by atoms with van der Waals surface area (Å²) in [5.74, 6) is -0.450. The maximum absolute atomic E-state index is 11.5. The number of nitrogens with zero attached hydrogens (tertiary/aromatic N) is 3. The molecule has 0 aliphatic rings. The minimum absolute atomic E-state index is 0.219. The Balaban J connectivity index is 2.32. The number of aryl methyl sites for hydroxylation is 2. The van der Waals surface area contributed by atoms with Crippen LogP contribution in [0.5, 0.6) is 0 Å². The average Bonchev–Trinajstić information content (AvgIpc) is 2.78. The van der Waals surface area contributed by atoms with Gasteiger partial charge in [0, 0.05) is 0 Å². The lowest BCUT2D eigenvalue weighted by Crippen LogP contribution is -2.04. The van der Waals surface area contributed by atoms with Crippen molar-refractivity contribution in [3.8, 4) is 5.69 Å². The zero-order valence-electron chi connectivity index (χ0n) is 10.7. The zero-order chi connectivity index (χ0) is 13.1. The van der Waals surface area contributed by atoms with Crippen LogP contribution < -0.4 is 0 Å². The van der Waals surface area contributed by atoms with Crippen LogP contribution >= 0.6 is 0 Å². The molecule has 1 heterocycles. The second-order valence-corrected chi connectivity index (χ2v) is 4.06. The Morgan fingerprint density at radius 3 is 2.83 bits per heavy atom. The lowest BCUT2D eigenvalue weighted by Gasteiger charge is -2.05. The predicted octanol–water partition coefficient (Wildman–Crippen LogP) is 2.06. The minimum atomic E-state index is -0.450. The molecular formula is C13H15N3O2. The molecule has 0 atom stereocenters. The Labute approximate surface area is 105 Å². The number of aromatic nitrogens is 3. The summed E-state index contributed by atoms with van der Waals surface area (Å²) in [6.45, 7) is 6.11. The fourth-order valence-corrected chi connectivity index (χ4v) is 1.74. The summed E-state index contributed by atoms with van der Waals surface area (Å²) >= 11 is 0. The summed E-state index contributed by atoms with van der Waals surface area (Å²) < 4.78 is 6.46. The maximum atomic E-state index is 11.5. The molecule has 0 unspecified atom stereocenters. The van der Waals surface area contributed by atoms with E-state index in [1.54, 1.807) is 17.8 Å². The number of carbonyl (C=O) groups excluding carboxylic acids is 1. The van der Waals surface area contributed by atoms with E-state index in [1.807, 2.05) is 26.0 Å². The van der Waals surface area contributed by atoms with Crippen molar-refractivity contribution in [3.63, 3.8) is 0 Å². The van der Waals surface area contributed by atoms with Gasteiger partial charge < -0.3 is 4.74 Å². The first kappa shape index (κ1) is 12.3. The monoisotopic (exact) mass is 245 g/mol. The Morgan fingerprint density at radius 2 is 2.17 bits per heavy atom. The first-order valence-electron chi connectivity index (χ1n) is 5.79. The van der Waals surface area contributed by atoms with Crippen molar-refractivity contribution in [2.45, 2.75) is 20.8 Å². The number of esters is 1. The van der Waals surface area contributed by atoms with Crippen molar-refractivity contribution >= 4 is 5.97 Å². The highest BCUT2D eigenvalue weighted by atomic mass is 16.5. The molecule has 18 heavy (non-hydrogen) atoms. The molecule has 5 heteroatoms. The van der Waals surface area contributed by atoms with Gasteiger partial charge in [-0.3, -0.25) is 0 Å². The van der Waals surface area contributed by atoms with Gasteiger partial charge in [0.05, 0.1) is 18.5 Å². The second kappa shape index (κ2) is 5.00. The van der Waals surface area contributed by atoms with E-state index < -0.39 is 5.97 Å². The van der Waals surface area contributed by atoms with Gasteiger partial charge in [0.1, 0.15) is 0 Å². The highest BCUT2D eigenvalue weighted by molar-refractivity contribution is 5.86. The van der Waals surface area contributed by atoms with E-state index in [0.717, 1.165) is 11.3 Å². The van der Waals surface area contributed by atoms with Gasteiger partial charge in [-0.1, -0.05) is 22.9 Å². The summed E-state index contributed by atoms with van der Waals surface area (Å²) in [7, 11) is 0. The van der Waals surface area contributed by atoms with Gasteiger partial charge in [0.25, 0.3) is 0 Å². The smallest absolute Gasteiger partial charge is 0.360 e. The Kier molecular flexibility index (Phi) is 3.41. The molecule has 5 nitrogen and oxygen atoms in total. The van der Waals surface area contributed by atoms with E-state index in [1.165, 1.54) is 5.56 Å². The lowest BCUT2D eigenvalue weighted by molar-refractivity contribution is 0.0519. The number of hydrogen-bond acceptors (Lipinski definition) is 4.